The minimum Gasteiger partial charge on any atom is -0.353 e. The molecule has 0 aromatic heterocycles. The summed E-state index contributed by atoms with van der Waals surface area (Å²) in [6, 6.07) is -0.204. The van der Waals surface area contributed by atoms with E-state index in [4.69, 9.17) is 5.73 Å². The Kier molecular flexibility index (Phi) is 4.32. The van der Waals surface area contributed by atoms with Gasteiger partial charge in [-0.3, -0.25) is 4.79 Å². The van der Waals surface area contributed by atoms with Crippen LogP contribution < -0.4 is 11.1 Å². The van der Waals surface area contributed by atoms with Crippen molar-refractivity contribution in [3.05, 3.63) is 0 Å². The first-order valence-electron chi connectivity index (χ1n) is 5.58. The van der Waals surface area contributed by atoms with Gasteiger partial charge in [-0.1, -0.05) is 6.92 Å². The molecule has 1 amide bonds. The molecule has 94 valence electrons. The molecule has 1 aliphatic heterocycles. The molecule has 3 N–H and O–H groups in total. The van der Waals surface area contributed by atoms with Crippen molar-refractivity contribution in [3.8, 4) is 0 Å². The molecule has 0 aromatic carbocycles. The predicted molar refractivity (Wildman–Crippen MR) is 62.6 cm³/mol. The van der Waals surface area contributed by atoms with Gasteiger partial charge in [-0.05, 0) is 19.8 Å². The molecule has 1 rings (SSSR count). The van der Waals surface area contributed by atoms with Crippen molar-refractivity contribution in [1.29, 1.82) is 0 Å². The number of hydrogen-bond acceptors (Lipinski definition) is 4. The number of hydrogen-bond donors (Lipinski definition) is 2. The molecule has 1 heterocycles. The summed E-state index contributed by atoms with van der Waals surface area (Å²) in [5, 5.41) is 2.85. The summed E-state index contributed by atoms with van der Waals surface area (Å²) in [7, 11) is -2.86. The van der Waals surface area contributed by atoms with Gasteiger partial charge in [-0.15, -0.1) is 0 Å². The van der Waals surface area contributed by atoms with Crippen LogP contribution in [-0.4, -0.2) is 37.9 Å². The molecule has 0 bridgehead atoms. The lowest BCUT2D eigenvalue weighted by Gasteiger charge is -2.25. The normalized spacial score (nSPS) is 24.7. The van der Waals surface area contributed by atoms with Crippen molar-refractivity contribution in [1.82, 2.24) is 5.32 Å². The second kappa shape index (κ2) is 5.14. The van der Waals surface area contributed by atoms with Gasteiger partial charge in [0.25, 0.3) is 0 Å². The van der Waals surface area contributed by atoms with Gasteiger partial charge in [0.15, 0.2) is 0 Å². The summed E-state index contributed by atoms with van der Waals surface area (Å²) in [5.74, 6) is 0.0208. The topological polar surface area (TPSA) is 89.3 Å². The van der Waals surface area contributed by atoms with E-state index >= 15 is 0 Å². The number of nitrogens with two attached hydrogens (primary N) is 1. The molecule has 6 heteroatoms. The molecule has 5 nitrogen and oxygen atoms in total. The fourth-order valence-corrected chi connectivity index (χ4v) is 3.10. The smallest absolute Gasteiger partial charge is 0.224 e. The van der Waals surface area contributed by atoms with E-state index < -0.39 is 9.84 Å². The number of amides is 1. The molecule has 0 saturated carbocycles. The van der Waals surface area contributed by atoms with E-state index in [1.165, 1.54) is 0 Å². The summed E-state index contributed by atoms with van der Waals surface area (Å²) < 4.78 is 22.4. The maximum absolute atomic E-state index is 11.7. The van der Waals surface area contributed by atoms with Crippen molar-refractivity contribution in [2.45, 2.75) is 38.8 Å². The van der Waals surface area contributed by atoms with E-state index in [0.29, 0.717) is 12.8 Å². The van der Waals surface area contributed by atoms with Gasteiger partial charge in [0, 0.05) is 18.0 Å². The van der Waals surface area contributed by atoms with Gasteiger partial charge in [0.05, 0.1) is 11.5 Å². The first-order chi connectivity index (χ1) is 7.32. The van der Waals surface area contributed by atoms with Gasteiger partial charge >= 0.3 is 0 Å². The summed E-state index contributed by atoms with van der Waals surface area (Å²) in [6.07, 6.45) is 1.03. The molecule has 1 aliphatic rings. The quantitative estimate of drug-likeness (QED) is 0.715. The third-order valence-electron chi connectivity index (χ3n) is 3.10. The molecule has 0 spiro atoms. The molecule has 2 unspecified atom stereocenters. The number of sulfone groups is 1. The number of nitrogens with one attached hydrogen (secondary N) is 1. The monoisotopic (exact) mass is 248 g/mol. The van der Waals surface area contributed by atoms with Crippen LogP contribution in [0.4, 0.5) is 0 Å². The first-order valence-corrected chi connectivity index (χ1v) is 7.40. The molecule has 1 fully saturated rings. The van der Waals surface area contributed by atoms with Crippen LogP contribution in [0.5, 0.6) is 0 Å². The Morgan fingerprint density at radius 2 is 1.81 bits per heavy atom. The van der Waals surface area contributed by atoms with Crippen molar-refractivity contribution < 1.29 is 13.2 Å². The molecule has 1 saturated heterocycles. The number of carbonyl (C=O) groups excluding carboxylic acids is 1. The van der Waals surface area contributed by atoms with Gasteiger partial charge in [0.1, 0.15) is 9.84 Å². The van der Waals surface area contributed by atoms with Crippen LogP contribution in [-0.2, 0) is 14.6 Å². The van der Waals surface area contributed by atoms with E-state index in [9.17, 15) is 13.2 Å². The molecule has 0 radical (unpaired) electrons. The fraction of sp³-hybridized carbons (Fsp3) is 0.900. The highest BCUT2D eigenvalue weighted by Crippen LogP contribution is 2.13. The highest BCUT2D eigenvalue weighted by molar-refractivity contribution is 7.91. The van der Waals surface area contributed by atoms with Gasteiger partial charge < -0.3 is 11.1 Å². The fourth-order valence-electron chi connectivity index (χ4n) is 1.61. The van der Waals surface area contributed by atoms with Crippen molar-refractivity contribution in [2.75, 3.05) is 11.5 Å². The lowest BCUT2D eigenvalue weighted by Crippen LogP contribution is -2.46. The number of carbonyl (C=O) groups is 1. The Hall–Kier alpha value is -0.620. The maximum atomic E-state index is 11.7. The standard InChI is InChI=1S/C10H20N2O3S/c1-7(8(2)11)10(13)12-9-3-5-16(14,15)6-4-9/h7-9H,3-6,11H2,1-2H3,(H,12,13). The van der Waals surface area contributed by atoms with Crippen LogP contribution in [0.2, 0.25) is 0 Å². The third-order valence-corrected chi connectivity index (χ3v) is 4.82. The van der Waals surface area contributed by atoms with Crippen LogP contribution in [0, 0.1) is 5.92 Å². The first kappa shape index (κ1) is 13.4. The van der Waals surface area contributed by atoms with Gasteiger partial charge in [-0.25, -0.2) is 8.42 Å². The van der Waals surface area contributed by atoms with Crippen molar-refractivity contribution >= 4 is 15.7 Å². The Morgan fingerprint density at radius 1 is 1.31 bits per heavy atom. The summed E-state index contributed by atoms with van der Waals surface area (Å²) in [6.45, 7) is 3.56. The van der Waals surface area contributed by atoms with Gasteiger partial charge in [-0.2, -0.15) is 0 Å². The van der Waals surface area contributed by atoms with E-state index in [1.807, 2.05) is 0 Å². The molecule has 0 aliphatic carbocycles. The Balaban J connectivity index is 2.42. The van der Waals surface area contributed by atoms with Crippen LogP contribution in [0.3, 0.4) is 0 Å². The lowest BCUT2D eigenvalue weighted by molar-refractivity contribution is -0.125. The van der Waals surface area contributed by atoms with Crippen LogP contribution in [0.25, 0.3) is 0 Å². The third kappa shape index (κ3) is 3.75. The maximum Gasteiger partial charge on any atom is 0.224 e. The minimum atomic E-state index is -2.86. The Morgan fingerprint density at radius 3 is 2.25 bits per heavy atom. The highest BCUT2D eigenvalue weighted by Gasteiger charge is 2.26. The Labute approximate surface area is 96.7 Å². The van der Waals surface area contributed by atoms with Crippen LogP contribution in [0.1, 0.15) is 26.7 Å². The van der Waals surface area contributed by atoms with Gasteiger partial charge in [0.2, 0.25) is 5.91 Å². The van der Waals surface area contributed by atoms with Crippen LogP contribution in [0.15, 0.2) is 0 Å². The van der Waals surface area contributed by atoms with E-state index in [-0.39, 0.29) is 35.4 Å². The molecular formula is C10H20N2O3S. The number of rotatable bonds is 3. The SMILES string of the molecule is CC(N)C(C)C(=O)NC1CCS(=O)(=O)CC1. The summed E-state index contributed by atoms with van der Waals surface area (Å²) in [5.41, 5.74) is 5.63. The zero-order chi connectivity index (χ0) is 12.3. The van der Waals surface area contributed by atoms with Crippen LogP contribution >= 0.6 is 0 Å². The zero-order valence-electron chi connectivity index (χ0n) is 9.77. The second-order valence-corrected chi connectivity index (χ2v) is 6.89. The molecule has 2 atom stereocenters. The van der Waals surface area contributed by atoms with E-state index in [0.717, 1.165) is 0 Å². The predicted octanol–water partition coefficient (Wildman–Crippen LogP) is -0.337. The lowest BCUT2D eigenvalue weighted by atomic mass is 10.0. The zero-order valence-corrected chi connectivity index (χ0v) is 10.6. The molecule has 0 aromatic rings. The minimum absolute atomic E-state index is 0.0165. The molecule has 16 heavy (non-hydrogen) atoms. The summed E-state index contributed by atoms with van der Waals surface area (Å²) in [4.78, 5) is 11.7. The average Bonchev–Trinajstić information content (AvgIpc) is 2.19. The average molecular weight is 248 g/mol. The summed E-state index contributed by atoms with van der Waals surface area (Å²) >= 11 is 0. The van der Waals surface area contributed by atoms with E-state index in [1.54, 1.807) is 13.8 Å². The second-order valence-electron chi connectivity index (χ2n) is 4.58. The van der Waals surface area contributed by atoms with Crippen molar-refractivity contribution in [2.24, 2.45) is 11.7 Å². The molecular weight excluding hydrogens is 228 g/mol. The Bertz CT molecular complexity index is 337. The highest BCUT2D eigenvalue weighted by atomic mass is 32.2. The van der Waals surface area contributed by atoms with E-state index in [2.05, 4.69) is 5.32 Å². The largest absolute Gasteiger partial charge is 0.353 e. The van der Waals surface area contributed by atoms with Crippen molar-refractivity contribution in [3.63, 3.8) is 0 Å².